The van der Waals surface area contributed by atoms with Gasteiger partial charge in [-0.15, -0.1) is 0 Å². The molecule has 0 amide bonds. The Kier molecular flexibility index (Phi) is 2.36. The lowest BCUT2D eigenvalue weighted by molar-refractivity contribution is -0.120. The Labute approximate surface area is 78.1 Å². The Morgan fingerprint density at radius 2 is 2.46 bits per heavy atom. The summed E-state index contributed by atoms with van der Waals surface area (Å²) in [4.78, 5) is 11.8. The summed E-state index contributed by atoms with van der Waals surface area (Å²) in [5.41, 5.74) is 0.874. The van der Waals surface area contributed by atoms with Gasteiger partial charge in [0.25, 0.3) is 0 Å². The summed E-state index contributed by atoms with van der Waals surface area (Å²) >= 11 is 0. The van der Waals surface area contributed by atoms with E-state index in [1.54, 1.807) is 6.26 Å². The Morgan fingerprint density at radius 1 is 1.69 bits per heavy atom. The van der Waals surface area contributed by atoms with Gasteiger partial charge in [0.2, 0.25) is 0 Å². The van der Waals surface area contributed by atoms with Crippen molar-refractivity contribution in [2.24, 2.45) is 11.8 Å². The van der Waals surface area contributed by atoms with Crippen LogP contribution in [0.3, 0.4) is 0 Å². The largest absolute Gasteiger partial charge is 0.500 e. The fraction of sp³-hybridized carbons (Fsp3) is 0.700. The van der Waals surface area contributed by atoms with E-state index in [4.69, 9.17) is 4.74 Å². The second kappa shape index (κ2) is 3.50. The molecule has 0 bridgehead atoms. The molecule has 0 aliphatic carbocycles. The van der Waals surface area contributed by atoms with Crippen LogP contribution in [0.2, 0.25) is 0 Å². The molecule has 1 N–H and O–H groups in total. The number of Topliss-reactive ketones (excluding diaryl/α,β-unsaturated/α-hetero) is 1. The van der Waals surface area contributed by atoms with E-state index >= 15 is 0 Å². The van der Waals surface area contributed by atoms with E-state index in [9.17, 15) is 4.79 Å². The molecule has 2 aliphatic rings. The van der Waals surface area contributed by atoms with E-state index in [0.717, 1.165) is 25.1 Å². The third kappa shape index (κ3) is 1.61. The lowest BCUT2D eigenvalue weighted by Gasteiger charge is -2.31. The van der Waals surface area contributed by atoms with E-state index in [2.05, 4.69) is 5.32 Å². The first-order valence-electron chi connectivity index (χ1n) is 4.84. The summed E-state index contributed by atoms with van der Waals surface area (Å²) in [5, 5.41) is 3.18. The van der Waals surface area contributed by atoms with Crippen LogP contribution in [-0.2, 0) is 9.53 Å². The number of ether oxygens (including phenoxy) is 1. The van der Waals surface area contributed by atoms with Crippen molar-refractivity contribution in [2.75, 3.05) is 19.7 Å². The summed E-state index contributed by atoms with van der Waals surface area (Å²) in [7, 11) is 0. The highest BCUT2D eigenvalue weighted by atomic mass is 16.5. The molecule has 2 rings (SSSR count). The Morgan fingerprint density at radius 3 is 2.92 bits per heavy atom. The first-order valence-corrected chi connectivity index (χ1v) is 4.84. The molecule has 2 aliphatic heterocycles. The van der Waals surface area contributed by atoms with Crippen LogP contribution in [0.25, 0.3) is 0 Å². The van der Waals surface area contributed by atoms with Gasteiger partial charge >= 0.3 is 0 Å². The Balaban J connectivity index is 1.94. The van der Waals surface area contributed by atoms with E-state index in [0.29, 0.717) is 12.5 Å². The van der Waals surface area contributed by atoms with Gasteiger partial charge in [-0.1, -0.05) is 6.92 Å². The number of ketones is 1. The smallest absolute Gasteiger partial charge is 0.165 e. The maximum absolute atomic E-state index is 11.8. The lowest BCUT2D eigenvalue weighted by Crippen LogP contribution is -2.47. The summed E-state index contributed by atoms with van der Waals surface area (Å²) < 4.78 is 5.06. The highest BCUT2D eigenvalue weighted by molar-refractivity contribution is 5.97. The number of rotatable bonds is 3. The topological polar surface area (TPSA) is 38.3 Å². The minimum Gasteiger partial charge on any atom is -0.500 e. The quantitative estimate of drug-likeness (QED) is 0.697. The SMILES string of the molecule is CC(C(=O)C1=COCC1)C1CNC1. The second-order valence-electron chi connectivity index (χ2n) is 3.84. The van der Waals surface area contributed by atoms with Crippen molar-refractivity contribution in [2.45, 2.75) is 13.3 Å². The van der Waals surface area contributed by atoms with Crippen molar-refractivity contribution < 1.29 is 9.53 Å². The molecular formula is C10H15NO2. The molecule has 0 spiro atoms. The molecule has 0 aromatic heterocycles. The third-order valence-corrected chi connectivity index (χ3v) is 2.97. The van der Waals surface area contributed by atoms with Crippen LogP contribution < -0.4 is 5.32 Å². The predicted octanol–water partition coefficient (Wildman–Crippen LogP) is 0.715. The monoisotopic (exact) mass is 181 g/mol. The van der Waals surface area contributed by atoms with Crippen molar-refractivity contribution >= 4 is 5.78 Å². The molecule has 13 heavy (non-hydrogen) atoms. The van der Waals surface area contributed by atoms with Gasteiger partial charge < -0.3 is 10.1 Å². The summed E-state index contributed by atoms with van der Waals surface area (Å²) in [6.45, 7) is 4.67. The van der Waals surface area contributed by atoms with E-state index in [1.807, 2.05) is 6.92 Å². The highest BCUT2D eigenvalue weighted by Gasteiger charge is 2.31. The molecule has 1 fully saturated rings. The molecule has 0 saturated carbocycles. The first kappa shape index (κ1) is 8.75. The van der Waals surface area contributed by atoms with Crippen LogP contribution >= 0.6 is 0 Å². The van der Waals surface area contributed by atoms with Crippen LogP contribution in [0, 0.1) is 11.8 Å². The molecule has 3 heteroatoms. The Hall–Kier alpha value is -0.830. The molecule has 1 atom stereocenters. The summed E-state index contributed by atoms with van der Waals surface area (Å²) in [5.74, 6) is 0.979. The molecule has 0 radical (unpaired) electrons. The zero-order valence-electron chi connectivity index (χ0n) is 7.88. The number of carbonyl (C=O) groups is 1. The zero-order valence-corrected chi connectivity index (χ0v) is 7.88. The van der Waals surface area contributed by atoms with Crippen molar-refractivity contribution in [3.63, 3.8) is 0 Å². The summed E-state index contributed by atoms with van der Waals surface area (Å²) in [6.07, 6.45) is 2.42. The molecule has 0 aromatic rings. The van der Waals surface area contributed by atoms with Crippen LogP contribution in [0.5, 0.6) is 0 Å². The summed E-state index contributed by atoms with van der Waals surface area (Å²) in [6, 6.07) is 0. The molecule has 2 heterocycles. The van der Waals surface area contributed by atoms with E-state index in [1.165, 1.54) is 0 Å². The maximum atomic E-state index is 11.8. The number of nitrogens with one attached hydrogen (secondary N) is 1. The van der Waals surface area contributed by atoms with Gasteiger partial charge in [-0.05, 0) is 19.0 Å². The fourth-order valence-corrected chi connectivity index (χ4v) is 1.74. The third-order valence-electron chi connectivity index (χ3n) is 2.97. The van der Waals surface area contributed by atoms with Crippen molar-refractivity contribution in [1.29, 1.82) is 0 Å². The second-order valence-corrected chi connectivity index (χ2v) is 3.84. The number of carbonyl (C=O) groups excluding carboxylic acids is 1. The van der Waals surface area contributed by atoms with Crippen LogP contribution in [0.15, 0.2) is 11.8 Å². The zero-order chi connectivity index (χ0) is 9.26. The van der Waals surface area contributed by atoms with Gasteiger partial charge in [0, 0.05) is 17.9 Å². The van der Waals surface area contributed by atoms with Crippen LogP contribution in [0.4, 0.5) is 0 Å². The van der Waals surface area contributed by atoms with Gasteiger partial charge in [0.05, 0.1) is 12.9 Å². The molecule has 72 valence electrons. The molecule has 1 unspecified atom stereocenters. The molecule has 0 aromatic carbocycles. The average molecular weight is 181 g/mol. The maximum Gasteiger partial charge on any atom is 0.165 e. The number of hydrogen-bond donors (Lipinski definition) is 1. The van der Waals surface area contributed by atoms with Crippen molar-refractivity contribution in [3.05, 3.63) is 11.8 Å². The predicted molar refractivity (Wildman–Crippen MR) is 49.2 cm³/mol. The van der Waals surface area contributed by atoms with Gasteiger partial charge in [0.15, 0.2) is 5.78 Å². The van der Waals surface area contributed by atoms with Crippen molar-refractivity contribution in [1.82, 2.24) is 5.32 Å². The minimum absolute atomic E-state index is 0.161. The van der Waals surface area contributed by atoms with Crippen LogP contribution in [-0.4, -0.2) is 25.5 Å². The number of hydrogen-bond acceptors (Lipinski definition) is 3. The van der Waals surface area contributed by atoms with Gasteiger partial charge in [-0.25, -0.2) is 0 Å². The highest BCUT2D eigenvalue weighted by Crippen LogP contribution is 2.23. The first-order chi connectivity index (χ1) is 6.29. The van der Waals surface area contributed by atoms with E-state index in [-0.39, 0.29) is 11.7 Å². The van der Waals surface area contributed by atoms with E-state index < -0.39 is 0 Å². The van der Waals surface area contributed by atoms with Gasteiger partial charge in [-0.2, -0.15) is 0 Å². The molecule has 3 nitrogen and oxygen atoms in total. The minimum atomic E-state index is 0.161. The fourth-order valence-electron chi connectivity index (χ4n) is 1.74. The average Bonchev–Trinajstić information content (AvgIpc) is 2.51. The molecule has 1 saturated heterocycles. The van der Waals surface area contributed by atoms with Crippen molar-refractivity contribution in [3.8, 4) is 0 Å². The lowest BCUT2D eigenvalue weighted by atomic mass is 9.83. The normalized spacial score (nSPS) is 24.5. The Bertz CT molecular complexity index is 243. The molecular weight excluding hydrogens is 166 g/mol. The van der Waals surface area contributed by atoms with Gasteiger partial charge in [0.1, 0.15) is 0 Å². The standard InChI is InChI=1S/C10H15NO2/c1-7(9-4-11-5-9)10(12)8-2-3-13-6-8/h6-7,9,11H,2-5H2,1H3. The van der Waals surface area contributed by atoms with Gasteiger partial charge in [-0.3, -0.25) is 4.79 Å². The van der Waals surface area contributed by atoms with Crippen LogP contribution in [0.1, 0.15) is 13.3 Å².